The van der Waals surface area contributed by atoms with E-state index in [9.17, 15) is 19.9 Å². The second-order valence-corrected chi connectivity index (χ2v) is 15.2. The lowest BCUT2D eigenvalue weighted by atomic mass is 9.91. The molecule has 58 heavy (non-hydrogen) atoms. The second kappa shape index (κ2) is 20.5. The minimum Gasteiger partial charge on any atom is -0.513 e. The van der Waals surface area contributed by atoms with Gasteiger partial charge < -0.3 is 42.2 Å². The van der Waals surface area contributed by atoms with Gasteiger partial charge in [0.05, 0.1) is 54.6 Å². The monoisotopic (exact) mass is 793 g/mol. The van der Waals surface area contributed by atoms with Crippen molar-refractivity contribution in [1.82, 2.24) is 30.0 Å². The van der Waals surface area contributed by atoms with Crippen molar-refractivity contribution in [3.8, 4) is 11.1 Å². The maximum absolute atomic E-state index is 12.1. The van der Waals surface area contributed by atoms with E-state index in [4.69, 9.17) is 24.4 Å². The van der Waals surface area contributed by atoms with E-state index in [-0.39, 0.29) is 41.3 Å². The average Bonchev–Trinajstić information content (AvgIpc) is 4.18. The van der Waals surface area contributed by atoms with E-state index in [1.807, 2.05) is 44.4 Å². The van der Waals surface area contributed by atoms with Crippen molar-refractivity contribution < 1.29 is 19.9 Å². The van der Waals surface area contributed by atoms with Gasteiger partial charge in [-0.1, -0.05) is 32.0 Å². The van der Waals surface area contributed by atoms with Gasteiger partial charge in [0.2, 0.25) is 0 Å². The van der Waals surface area contributed by atoms with Gasteiger partial charge in [-0.05, 0) is 82.9 Å². The summed E-state index contributed by atoms with van der Waals surface area (Å²) in [5, 5.41) is 32.2. The minimum atomic E-state index is -0.235. The Bertz CT molecular complexity index is 1970. The summed E-state index contributed by atoms with van der Waals surface area (Å²) in [6.07, 6.45) is 12.5. The molecule has 1 atom stereocenters. The number of hydrogen-bond donors (Lipinski definition) is 6. The zero-order valence-electron chi connectivity index (χ0n) is 34.6. The fourth-order valence-corrected chi connectivity index (χ4v) is 7.20. The Balaban J connectivity index is 0.000000263. The number of aliphatic imine (C=N–C) groups is 1. The van der Waals surface area contributed by atoms with Gasteiger partial charge in [0, 0.05) is 68.6 Å². The average molecular weight is 794 g/mol. The van der Waals surface area contributed by atoms with Crippen molar-refractivity contribution in [3.05, 3.63) is 83.4 Å². The van der Waals surface area contributed by atoms with Gasteiger partial charge in [-0.15, -0.1) is 0 Å². The number of hydroxylamine groups is 2. The molecule has 2 aliphatic heterocycles. The molecule has 2 saturated carbocycles. The first kappa shape index (κ1) is 43.9. The Morgan fingerprint density at radius 1 is 1.05 bits per heavy atom. The number of nitrogens with zero attached hydrogens (tertiary/aromatic N) is 7. The number of carbonyl (C=O) groups excluding carboxylic acids is 2. The molecule has 2 radical (unpaired) electrons. The highest BCUT2D eigenvalue weighted by molar-refractivity contribution is 6.08. The largest absolute Gasteiger partial charge is 0.513 e. The summed E-state index contributed by atoms with van der Waals surface area (Å²) < 4.78 is 2.15. The molecule has 4 heterocycles. The quantitative estimate of drug-likeness (QED) is 0.0471. The molecule has 15 nitrogen and oxygen atoms in total. The number of piperidine rings is 1. The van der Waals surface area contributed by atoms with Crippen LogP contribution in [0.2, 0.25) is 0 Å². The van der Waals surface area contributed by atoms with Crippen LogP contribution in [0.15, 0.2) is 71.3 Å². The molecule has 2 aliphatic carbocycles. The van der Waals surface area contributed by atoms with Crippen LogP contribution in [0.4, 0.5) is 11.4 Å². The van der Waals surface area contributed by atoms with Crippen LogP contribution >= 0.6 is 0 Å². The lowest BCUT2D eigenvalue weighted by Gasteiger charge is -2.39. The van der Waals surface area contributed by atoms with Crippen LogP contribution in [0.25, 0.3) is 11.1 Å². The van der Waals surface area contributed by atoms with Crippen molar-refractivity contribution in [2.24, 2.45) is 22.4 Å². The molecule has 1 saturated heterocycles. The van der Waals surface area contributed by atoms with Crippen molar-refractivity contribution in [3.63, 3.8) is 0 Å². The van der Waals surface area contributed by atoms with E-state index >= 15 is 0 Å². The number of hydrogen-bond acceptors (Lipinski definition) is 11. The first-order valence-corrected chi connectivity index (χ1v) is 20.4. The first-order chi connectivity index (χ1) is 27.9. The third-order valence-electron chi connectivity index (χ3n) is 10.8. The molecule has 7 rings (SSSR count). The highest BCUT2D eigenvalue weighted by Crippen LogP contribution is 2.49. The molecule has 3 aromatic rings. The maximum Gasteiger partial charge on any atom is 0.272 e. The molecule has 4 aliphatic rings. The minimum absolute atomic E-state index is 0.0243. The fraction of sp³-hybridized carbons (Fsp3) is 0.500. The predicted octanol–water partition coefficient (Wildman–Crippen LogP) is 5.03. The maximum atomic E-state index is 12.1. The summed E-state index contributed by atoms with van der Waals surface area (Å²) in [7, 11) is 11.3. The number of amides is 2. The van der Waals surface area contributed by atoms with E-state index < -0.39 is 0 Å². The molecule has 8 N–H and O–H groups in total. The molecule has 1 aromatic carbocycles. The van der Waals surface area contributed by atoms with Gasteiger partial charge in [-0.3, -0.25) is 14.3 Å². The standard InChI is InChI=1S/C27H36N8O3.C11H15BN2O.C4H9N/c1-3-23-26-19(14-30-35(26)17-9-11-34(38)12-10-17)18-5-4-6-21(25(18)33(23)2)31-22(20(28)15-36)13-24(29)32-27(37)16-7-8-16;1-3-7-14(2)11(15)10-6-4-5-9(8-12)13-10;1-5-4-2-3-4/h4-6,13-17,23,31,36,38H,3,7-12,28H2,1-2H3,(H2,29,32,37);4-6H,3,7-8H2,1-2H3;4-5H,2-3H2,1H3/b20-15+,22-13+;;. The van der Waals surface area contributed by atoms with Gasteiger partial charge >= 0.3 is 0 Å². The lowest BCUT2D eigenvalue weighted by Crippen LogP contribution is -2.35. The number of anilines is 2. The third kappa shape index (κ3) is 11.1. The zero-order valence-corrected chi connectivity index (χ0v) is 34.6. The number of nitrogens with two attached hydrogens (primary N) is 2. The van der Waals surface area contributed by atoms with Gasteiger partial charge in [-0.2, -0.15) is 15.2 Å². The summed E-state index contributed by atoms with van der Waals surface area (Å²) in [5.74, 6) is -0.305. The summed E-state index contributed by atoms with van der Waals surface area (Å²) in [6, 6.07) is 12.5. The SMILES string of the molecule is CCC1c2c(cnn2C2CCN(O)CC2)-c2cccc(NC(=C/C(N)=NC(=O)C3CC3)/C(N)=C\O)c2N1C.CNC1CC1.[B]Cc1cccc(C(=O)N(C)CCC)n1. The number of aliphatic hydroxyl groups excluding tert-OH is 1. The number of fused-ring (bicyclic) bond motifs is 3. The van der Waals surface area contributed by atoms with Crippen molar-refractivity contribution in [2.45, 2.75) is 89.7 Å². The van der Waals surface area contributed by atoms with Crippen molar-refractivity contribution >= 4 is 36.9 Å². The smallest absolute Gasteiger partial charge is 0.272 e. The molecular weight excluding hydrogens is 733 g/mol. The van der Waals surface area contributed by atoms with Crippen LogP contribution in [-0.2, 0) is 11.1 Å². The molecule has 3 fully saturated rings. The Morgan fingerprint density at radius 2 is 1.76 bits per heavy atom. The fourth-order valence-electron chi connectivity index (χ4n) is 7.20. The van der Waals surface area contributed by atoms with Crippen LogP contribution in [-0.4, -0.2) is 107 Å². The van der Waals surface area contributed by atoms with Gasteiger partial charge in [0.1, 0.15) is 17.8 Å². The molecule has 2 amide bonds. The predicted molar refractivity (Wildman–Crippen MR) is 230 cm³/mol. The van der Waals surface area contributed by atoms with E-state index in [1.54, 1.807) is 18.0 Å². The van der Waals surface area contributed by atoms with Crippen LogP contribution in [0, 0.1) is 5.92 Å². The first-order valence-electron chi connectivity index (χ1n) is 20.4. The number of benzene rings is 1. The molecule has 16 heteroatoms. The molecule has 0 bridgehead atoms. The second-order valence-electron chi connectivity index (χ2n) is 15.2. The van der Waals surface area contributed by atoms with Crippen LogP contribution < -0.4 is 27.0 Å². The van der Waals surface area contributed by atoms with E-state index in [1.165, 1.54) is 29.7 Å². The number of aliphatic hydroxyl groups is 1. The van der Waals surface area contributed by atoms with Crippen LogP contribution in [0.3, 0.4) is 0 Å². The van der Waals surface area contributed by atoms with Gasteiger partial charge in [0.15, 0.2) is 0 Å². The highest BCUT2D eigenvalue weighted by atomic mass is 16.5. The number of nitrogens with one attached hydrogen (secondary N) is 2. The van der Waals surface area contributed by atoms with Crippen LogP contribution in [0.1, 0.15) is 99.2 Å². The number of aromatic nitrogens is 3. The zero-order chi connectivity index (χ0) is 41.9. The Morgan fingerprint density at radius 3 is 2.34 bits per heavy atom. The van der Waals surface area contributed by atoms with Crippen molar-refractivity contribution in [1.29, 1.82) is 0 Å². The molecule has 1 unspecified atom stereocenters. The Kier molecular flexibility index (Phi) is 15.5. The summed E-state index contributed by atoms with van der Waals surface area (Å²) in [4.78, 5) is 36.0. The lowest BCUT2D eigenvalue weighted by molar-refractivity contribution is -0.118. The van der Waals surface area contributed by atoms with Gasteiger partial charge in [0.25, 0.3) is 11.8 Å². The Labute approximate surface area is 343 Å². The summed E-state index contributed by atoms with van der Waals surface area (Å²) in [5.41, 5.74) is 18.8. The number of pyridine rings is 1. The third-order valence-corrected chi connectivity index (χ3v) is 10.8. The van der Waals surface area contributed by atoms with Crippen molar-refractivity contribution in [2.75, 3.05) is 51.0 Å². The highest BCUT2D eigenvalue weighted by Gasteiger charge is 2.36. The van der Waals surface area contributed by atoms with E-state index in [0.29, 0.717) is 30.8 Å². The number of para-hydroxylation sites is 1. The number of carbonyl (C=O) groups is 2. The van der Waals surface area contributed by atoms with E-state index in [0.717, 1.165) is 85.6 Å². The van der Waals surface area contributed by atoms with E-state index in [2.05, 4.69) is 50.2 Å². The summed E-state index contributed by atoms with van der Waals surface area (Å²) in [6.45, 7) is 6.20. The molecule has 2 aromatic heterocycles. The topological polar surface area (TPSA) is 203 Å². The Hall–Kier alpha value is -5.19. The number of amidine groups is 1. The summed E-state index contributed by atoms with van der Waals surface area (Å²) >= 11 is 0. The molecular formula is C42H60BN11O4. The number of rotatable bonds is 12. The normalized spacial score (nSPS) is 18.6. The molecule has 310 valence electrons. The van der Waals surface area contributed by atoms with Gasteiger partial charge in [-0.25, -0.2) is 4.98 Å². The molecule has 0 spiro atoms. The van der Waals surface area contributed by atoms with Crippen LogP contribution in [0.5, 0.6) is 0 Å².